The average molecular weight is 352 g/mol. The van der Waals surface area contributed by atoms with Crippen molar-refractivity contribution < 1.29 is 30.3 Å². The van der Waals surface area contributed by atoms with Gasteiger partial charge in [-0.1, -0.05) is 4.98 Å². The van der Waals surface area contributed by atoms with Gasteiger partial charge in [0.25, 0.3) is 0 Å². The van der Waals surface area contributed by atoms with Crippen LogP contribution in [0.4, 0.5) is 11.8 Å². The van der Waals surface area contributed by atoms with E-state index in [1.165, 1.54) is 12.2 Å². The predicted octanol–water partition coefficient (Wildman–Crippen LogP) is -0.600. The monoisotopic (exact) mass is 352 g/mol. The highest BCUT2D eigenvalue weighted by molar-refractivity contribution is 5.91. The molecule has 0 atom stereocenters. The van der Waals surface area contributed by atoms with Crippen LogP contribution in [-0.4, -0.2) is 27.1 Å². The molecule has 0 unspecified atom stereocenters. The average Bonchev–Trinajstić information content (AvgIpc) is 2.47. The zero-order chi connectivity index (χ0) is 17.9. The second-order valence-corrected chi connectivity index (χ2v) is 5.29. The number of aromatic nitrogens is 2. The van der Waals surface area contributed by atoms with E-state index < -0.39 is 0 Å². The number of aliphatic hydroxyl groups is 1. The Labute approximate surface area is 145 Å². The normalized spacial score (nSPS) is 16.0. The number of aromatic amines is 1. The van der Waals surface area contributed by atoms with Crippen molar-refractivity contribution in [3.8, 4) is 0 Å². The maximum Gasteiger partial charge on any atom is 0.388 e. The molecule has 2 aliphatic rings. The van der Waals surface area contributed by atoms with Gasteiger partial charge in [0.2, 0.25) is 5.82 Å². The molecule has 138 valence electrons. The number of allylic oxidation sites excluding steroid dienone is 4. The van der Waals surface area contributed by atoms with Crippen molar-refractivity contribution in [2.45, 2.75) is 38.5 Å². The summed E-state index contributed by atoms with van der Waals surface area (Å²) in [6, 6.07) is 1.64. The van der Waals surface area contributed by atoms with Crippen molar-refractivity contribution in [2.24, 2.45) is 0 Å². The lowest BCUT2D eigenvalue weighted by atomic mass is 10.1. The zero-order valence-corrected chi connectivity index (χ0v) is 13.8. The Bertz CT molecular complexity index is 592. The van der Waals surface area contributed by atoms with Crippen LogP contribution in [-0.2, 0) is 9.59 Å². The fourth-order valence-electron chi connectivity index (χ4n) is 1.96. The van der Waals surface area contributed by atoms with Gasteiger partial charge in [-0.3, -0.25) is 15.3 Å². The largest absolute Gasteiger partial charge is 0.875 e. The number of H-pyrrole nitrogens is 1. The van der Waals surface area contributed by atoms with E-state index in [9.17, 15) is 14.7 Å². The van der Waals surface area contributed by atoms with Crippen LogP contribution in [0, 0.1) is 0 Å². The van der Waals surface area contributed by atoms with Gasteiger partial charge < -0.3 is 21.4 Å². The summed E-state index contributed by atoms with van der Waals surface area (Å²) >= 11 is 0. The Morgan fingerprint density at radius 2 is 1.64 bits per heavy atom. The highest BCUT2D eigenvalue weighted by Crippen LogP contribution is 2.11. The Kier molecular flexibility index (Phi) is 10.2. The van der Waals surface area contributed by atoms with Crippen LogP contribution in [0.1, 0.15) is 38.5 Å². The zero-order valence-electron chi connectivity index (χ0n) is 13.8. The van der Waals surface area contributed by atoms with Crippen LogP contribution in [0.2, 0.25) is 0 Å². The molecule has 1 aromatic heterocycles. The van der Waals surface area contributed by atoms with E-state index in [4.69, 9.17) is 16.6 Å². The Hall–Kier alpha value is -2.94. The smallest absolute Gasteiger partial charge is 0.388 e. The molecule has 0 saturated heterocycles. The van der Waals surface area contributed by atoms with Crippen molar-refractivity contribution in [3.05, 3.63) is 35.9 Å². The van der Waals surface area contributed by atoms with E-state index in [0.717, 1.165) is 12.8 Å². The van der Waals surface area contributed by atoms with Crippen LogP contribution >= 0.6 is 0 Å². The van der Waals surface area contributed by atoms with E-state index in [1.54, 1.807) is 12.3 Å². The van der Waals surface area contributed by atoms with Crippen LogP contribution in [0.5, 0.6) is 0 Å². The lowest BCUT2D eigenvalue weighted by Gasteiger charge is -2.14. The first-order chi connectivity index (χ1) is 11.4. The molecule has 0 amide bonds. The van der Waals surface area contributed by atoms with Crippen molar-refractivity contribution in [3.63, 3.8) is 0 Å². The topological polar surface area (TPSA) is 188 Å². The van der Waals surface area contributed by atoms with Gasteiger partial charge in [-0.15, -0.1) is 5.76 Å². The molecule has 0 radical (unpaired) electrons. The number of ketones is 2. The fraction of sp³-hybridized carbons (Fsp3) is 0.375. The van der Waals surface area contributed by atoms with E-state index >= 15 is 0 Å². The quantitative estimate of drug-likeness (QED) is 0.555. The maximum absolute atomic E-state index is 10.4. The minimum Gasteiger partial charge on any atom is -0.875 e. The number of aliphatic hydroxyl groups excluding tert-OH is 1. The van der Waals surface area contributed by atoms with Gasteiger partial charge in [0.1, 0.15) is 0 Å². The molecule has 1 heterocycles. The molecule has 0 spiro atoms. The predicted molar refractivity (Wildman–Crippen MR) is 89.7 cm³/mol. The summed E-state index contributed by atoms with van der Waals surface area (Å²) in [6.07, 6.45) is 8.09. The summed E-state index contributed by atoms with van der Waals surface area (Å²) in [5.41, 5.74) is 10.5. The van der Waals surface area contributed by atoms with Crippen molar-refractivity contribution in [1.29, 1.82) is 0 Å². The molecule has 25 heavy (non-hydrogen) atoms. The van der Waals surface area contributed by atoms with Gasteiger partial charge in [0.15, 0.2) is 11.6 Å². The van der Waals surface area contributed by atoms with E-state index in [1.807, 2.05) is 0 Å². The van der Waals surface area contributed by atoms with Gasteiger partial charge in [-0.25, -0.2) is 4.98 Å². The molecule has 9 nitrogen and oxygen atoms in total. The lowest BCUT2D eigenvalue weighted by molar-refractivity contribution is -0.364. The second kappa shape index (κ2) is 11.6. The molecule has 8 N–H and O–H groups in total. The van der Waals surface area contributed by atoms with Crippen molar-refractivity contribution in [2.75, 3.05) is 11.5 Å². The van der Waals surface area contributed by atoms with E-state index in [-0.39, 0.29) is 28.6 Å². The summed E-state index contributed by atoms with van der Waals surface area (Å²) in [4.78, 5) is 27.2. The number of nitrogens with zero attached hydrogens (tertiary/aromatic N) is 1. The first kappa shape index (κ1) is 22.1. The number of nitrogens with one attached hydrogen (secondary N) is 1. The number of hydrogen-bond donors (Lipinski definition) is 3. The molecule has 0 fully saturated rings. The van der Waals surface area contributed by atoms with Gasteiger partial charge in [-0.2, -0.15) is 0 Å². The number of hydrogen-bond acceptors (Lipinski definition) is 7. The minimum absolute atomic E-state index is 0. The Morgan fingerprint density at radius 1 is 1.04 bits per heavy atom. The summed E-state index contributed by atoms with van der Waals surface area (Å²) in [6.45, 7) is 0. The SMILES string of the molecule is Nc1cc[nH+]c(N)n1.O.O=C1C=C(O)CCC1.O=C1C=C([O-])CCC1. The second-order valence-electron chi connectivity index (χ2n) is 5.29. The maximum atomic E-state index is 10.4. The molecular formula is C16H24N4O5. The Balaban J connectivity index is 0.000000339. The van der Waals surface area contributed by atoms with Gasteiger partial charge in [0.05, 0.1) is 12.0 Å². The van der Waals surface area contributed by atoms with Crippen molar-refractivity contribution >= 4 is 23.3 Å². The molecular weight excluding hydrogens is 328 g/mol. The molecule has 0 saturated carbocycles. The third kappa shape index (κ3) is 10.4. The van der Waals surface area contributed by atoms with E-state index in [2.05, 4.69) is 9.97 Å². The Morgan fingerprint density at radius 3 is 1.96 bits per heavy atom. The van der Waals surface area contributed by atoms with Crippen LogP contribution in [0.15, 0.2) is 35.9 Å². The lowest BCUT2D eigenvalue weighted by Crippen LogP contribution is -2.12. The number of carbonyl (C=O) groups is 2. The van der Waals surface area contributed by atoms with Gasteiger partial charge in [0, 0.05) is 31.4 Å². The number of rotatable bonds is 0. The summed E-state index contributed by atoms with van der Waals surface area (Å²) in [5.74, 6) is 1.03. The number of nitrogen functional groups attached to an aromatic ring is 2. The summed E-state index contributed by atoms with van der Waals surface area (Å²) < 4.78 is 0. The third-order valence-electron chi connectivity index (χ3n) is 3.09. The highest BCUT2D eigenvalue weighted by atomic mass is 16.3. The molecule has 2 aliphatic carbocycles. The van der Waals surface area contributed by atoms with Crippen LogP contribution in [0.3, 0.4) is 0 Å². The molecule has 0 aromatic carbocycles. The van der Waals surface area contributed by atoms with Crippen LogP contribution in [0.25, 0.3) is 0 Å². The highest BCUT2D eigenvalue weighted by Gasteiger charge is 2.06. The fourth-order valence-corrected chi connectivity index (χ4v) is 1.96. The minimum atomic E-state index is -0.0127. The van der Waals surface area contributed by atoms with Gasteiger partial charge in [-0.05, 0) is 25.3 Å². The number of carbonyl (C=O) groups excluding carboxylic acids is 2. The molecule has 0 bridgehead atoms. The molecule has 1 aromatic rings. The third-order valence-corrected chi connectivity index (χ3v) is 3.09. The van der Waals surface area contributed by atoms with Gasteiger partial charge >= 0.3 is 5.95 Å². The standard InChI is InChI=1S/2C6H8O2.C4H6N4.H2O/c2*7-5-2-1-3-6(8)4-5;5-3-1-2-7-4(6)8-3;/h2*4,7H,1-3H2;1-2H,(H4,5,6,7,8);1H2. The first-order valence-corrected chi connectivity index (χ1v) is 7.59. The van der Waals surface area contributed by atoms with Crippen LogP contribution < -0.4 is 21.6 Å². The van der Waals surface area contributed by atoms with Crippen molar-refractivity contribution in [1.82, 2.24) is 4.98 Å². The summed E-state index contributed by atoms with van der Waals surface area (Å²) in [5, 5.41) is 19.1. The van der Waals surface area contributed by atoms with E-state index in [0.29, 0.717) is 37.4 Å². The molecule has 9 heteroatoms. The molecule has 3 rings (SSSR count). The molecule has 0 aliphatic heterocycles. The number of anilines is 2. The first-order valence-electron chi connectivity index (χ1n) is 7.59. The summed E-state index contributed by atoms with van der Waals surface area (Å²) in [7, 11) is 0. The number of nitrogens with two attached hydrogens (primary N) is 2.